The Kier molecular flexibility index (Phi) is 5.89. The van der Waals surface area contributed by atoms with E-state index in [9.17, 15) is 9.90 Å². The minimum atomic E-state index is -0.314. The van der Waals surface area contributed by atoms with E-state index in [1.54, 1.807) is 0 Å². The van der Waals surface area contributed by atoms with Gasteiger partial charge in [-0.25, -0.2) is 0 Å². The summed E-state index contributed by atoms with van der Waals surface area (Å²) in [5, 5.41) is 13.7. The van der Waals surface area contributed by atoms with Crippen LogP contribution in [0.3, 0.4) is 0 Å². The molecule has 0 bridgehead atoms. The number of carbonyl (C=O) groups excluding carboxylic acids is 1. The SMILES string of the molecule is CC(=O)Nc1ccccc1N1CCN([C@H]2Cc3cc(I)ccc3C[C@@H]2O)CC1. The monoisotopic (exact) mass is 491 g/mol. The highest BCUT2D eigenvalue weighted by Gasteiger charge is 2.33. The summed E-state index contributed by atoms with van der Waals surface area (Å²) in [7, 11) is 0. The summed E-state index contributed by atoms with van der Waals surface area (Å²) in [5.41, 5.74) is 4.60. The van der Waals surface area contributed by atoms with Crippen LogP contribution >= 0.6 is 22.6 Å². The first kappa shape index (κ1) is 19.7. The van der Waals surface area contributed by atoms with Gasteiger partial charge in [0.1, 0.15) is 0 Å². The maximum absolute atomic E-state index is 11.5. The summed E-state index contributed by atoms with van der Waals surface area (Å²) < 4.78 is 1.26. The lowest BCUT2D eigenvalue weighted by Crippen LogP contribution is -2.56. The van der Waals surface area contributed by atoms with Crippen LogP contribution < -0.4 is 10.2 Å². The molecule has 2 aliphatic rings. The highest BCUT2D eigenvalue weighted by Crippen LogP contribution is 2.30. The molecular formula is C22H26IN3O2. The molecule has 1 aliphatic carbocycles. The number of fused-ring (bicyclic) bond motifs is 1. The largest absolute Gasteiger partial charge is 0.391 e. The first-order chi connectivity index (χ1) is 13.5. The Balaban J connectivity index is 1.44. The highest BCUT2D eigenvalue weighted by molar-refractivity contribution is 14.1. The van der Waals surface area contributed by atoms with Crippen LogP contribution in [0, 0.1) is 3.57 Å². The number of piperazine rings is 1. The van der Waals surface area contributed by atoms with Gasteiger partial charge >= 0.3 is 0 Å². The van der Waals surface area contributed by atoms with Gasteiger partial charge in [-0.1, -0.05) is 18.2 Å². The van der Waals surface area contributed by atoms with Crippen LogP contribution in [-0.4, -0.2) is 54.2 Å². The molecule has 148 valence electrons. The minimum absolute atomic E-state index is 0.0512. The molecule has 0 radical (unpaired) electrons. The van der Waals surface area contributed by atoms with E-state index in [2.05, 4.69) is 62.0 Å². The molecule has 2 aromatic carbocycles. The predicted octanol–water partition coefficient (Wildman–Crippen LogP) is 2.90. The summed E-state index contributed by atoms with van der Waals surface area (Å²) in [6.07, 6.45) is 1.34. The summed E-state index contributed by atoms with van der Waals surface area (Å²) in [6.45, 7) is 5.14. The number of rotatable bonds is 3. The zero-order valence-corrected chi connectivity index (χ0v) is 18.2. The van der Waals surface area contributed by atoms with E-state index in [1.165, 1.54) is 21.6 Å². The molecule has 1 saturated heterocycles. The number of aliphatic hydroxyl groups is 1. The van der Waals surface area contributed by atoms with Crippen LogP contribution in [0.4, 0.5) is 11.4 Å². The van der Waals surface area contributed by atoms with Crippen molar-refractivity contribution >= 4 is 39.9 Å². The maximum Gasteiger partial charge on any atom is 0.221 e. The molecule has 2 atom stereocenters. The number of nitrogens with zero attached hydrogens (tertiary/aromatic N) is 2. The summed E-state index contributed by atoms with van der Waals surface area (Å²) >= 11 is 2.36. The van der Waals surface area contributed by atoms with E-state index in [-0.39, 0.29) is 18.1 Å². The number of anilines is 2. The maximum atomic E-state index is 11.5. The summed E-state index contributed by atoms with van der Waals surface area (Å²) in [4.78, 5) is 16.3. The van der Waals surface area contributed by atoms with Crippen molar-refractivity contribution in [2.24, 2.45) is 0 Å². The summed E-state index contributed by atoms with van der Waals surface area (Å²) in [5.74, 6) is -0.0512. The molecule has 0 aromatic heterocycles. The van der Waals surface area contributed by atoms with Crippen LogP contribution in [-0.2, 0) is 17.6 Å². The second-order valence-electron chi connectivity index (χ2n) is 7.68. The van der Waals surface area contributed by atoms with Crippen LogP contribution in [0.15, 0.2) is 42.5 Å². The van der Waals surface area contributed by atoms with Crippen molar-refractivity contribution < 1.29 is 9.90 Å². The number of halogens is 1. The number of hydrogen-bond acceptors (Lipinski definition) is 4. The first-order valence-corrected chi connectivity index (χ1v) is 10.9. The van der Waals surface area contributed by atoms with E-state index < -0.39 is 0 Å². The average Bonchev–Trinajstić information content (AvgIpc) is 2.68. The van der Waals surface area contributed by atoms with Gasteiger partial charge in [0.15, 0.2) is 0 Å². The molecule has 1 fully saturated rings. The third kappa shape index (κ3) is 4.18. The number of amides is 1. The number of hydrogen-bond donors (Lipinski definition) is 2. The lowest BCUT2D eigenvalue weighted by Gasteiger charge is -2.44. The molecule has 0 saturated carbocycles. The number of aliphatic hydroxyl groups excluding tert-OH is 1. The quantitative estimate of drug-likeness (QED) is 0.649. The van der Waals surface area contributed by atoms with Crippen molar-refractivity contribution in [1.82, 2.24) is 4.90 Å². The fourth-order valence-corrected chi connectivity index (χ4v) is 4.97. The van der Waals surface area contributed by atoms with Gasteiger partial charge in [0, 0.05) is 49.1 Å². The predicted molar refractivity (Wildman–Crippen MR) is 121 cm³/mol. The Hall–Kier alpha value is -1.64. The van der Waals surface area contributed by atoms with E-state index >= 15 is 0 Å². The molecule has 28 heavy (non-hydrogen) atoms. The van der Waals surface area contributed by atoms with Crippen molar-refractivity contribution in [2.75, 3.05) is 36.4 Å². The molecule has 2 aromatic rings. The molecule has 1 aliphatic heterocycles. The normalized spacial score (nSPS) is 22.6. The lowest BCUT2D eigenvalue weighted by molar-refractivity contribution is -0.114. The van der Waals surface area contributed by atoms with Crippen molar-refractivity contribution in [2.45, 2.75) is 31.9 Å². The first-order valence-electron chi connectivity index (χ1n) is 9.82. The van der Waals surface area contributed by atoms with Crippen molar-refractivity contribution in [3.05, 3.63) is 57.2 Å². The summed E-state index contributed by atoms with van der Waals surface area (Å²) in [6, 6.07) is 14.7. The topological polar surface area (TPSA) is 55.8 Å². The second-order valence-corrected chi connectivity index (χ2v) is 8.92. The Morgan fingerprint density at radius 3 is 2.57 bits per heavy atom. The molecular weight excluding hydrogens is 465 g/mol. The van der Waals surface area contributed by atoms with Crippen molar-refractivity contribution in [1.29, 1.82) is 0 Å². The van der Waals surface area contributed by atoms with Crippen molar-refractivity contribution in [3.8, 4) is 0 Å². The van der Waals surface area contributed by atoms with Gasteiger partial charge in [0.05, 0.1) is 17.5 Å². The standard InChI is InChI=1S/C22H26IN3O2/c1-15(27)24-19-4-2-3-5-20(19)25-8-10-26(11-9-25)21-13-17-12-18(23)7-6-16(17)14-22(21)28/h2-7,12,21-22,28H,8-11,13-14H2,1H3,(H,24,27)/t21-,22-/m0/s1. The molecule has 5 nitrogen and oxygen atoms in total. The number of benzene rings is 2. The zero-order valence-electron chi connectivity index (χ0n) is 16.1. The fourth-order valence-electron chi connectivity index (χ4n) is 4.42. The highest BCUT2D eigenvalue weighted by atomic mass is 127. The number of nitrogens with one attached hydrogen (secondary N) is 1. The number of carbonyl (C=O) groups is 1. The molecule has 0 spiro atoms. The van der Waals surface area contributed by atoms with Gasteiger partial charge in [-0.05, 0) is 64.4 Å². The van der Waals surface area contributed by atoms with Gasteiger partial charge < -0.3 is 15.3 Å². The molecule has 1 amide bonds. The Labute approximate surface area is 179 Å². The van der Waals surface area contributed by atoms with Gasteiger partial charge in [-0.2, -0.15) is 0 Å². The lowest BCUT2D eigenvalue weighted by atomic mass is 9.85. The minimum Gasteiger partial charge on any atom is -0.391 e. The Morgan fingerprint density at radius 1 is 1.07 bits per heavy atom. The molecule has 2 N–H and O–H groups in total. The van der Waals surface area contributed by atoms with Crippen LogP contribution in [0.2, 0.25) is 0 Å². The van der Waals surface area contributed by atoms with Crippen molar-refractivity contribution in [3.63, 3.8) is 0 Å². The van der Waals surface area contributed by atoms with Crippen LogP contribution in [0.1, 0.15) is 18.1 Å². The van der Waals surface area contributed by atoms with Gasteiger partial charge in [-0.3, -0.25) is 9.69 Å². The number of para-hydroxylation sites is 2. The van der Waals surface area contributed by atoms with Crippen LogP contribution in [0.25, 0.3) is 0 Å². The molecule has 4 rings (SSSR count). The zero-order chi connectivity index (χ0) is 19.7. The molecule has 1 heterocycles. The second kappa shape index (κ2) is 8.39. The van der Waals surface area contributed by atoms with Gasteiger partial charge in [0.2, 0.25) is 5.91 Å². The van der Waals surface area contributed by atoms with E-state index in [4.69, 9.17) is 0 Å². The van der Waals surface area contributed by atoms with Gasteiger partial charge in [-0.15, -0.1) is 0 Å². The third-order valence-corrected chi connectivity index (χ3v) is 6.48. The van der Waals surface area contributed by atoms with E-state index in [0.29, 0.717) is 0 Å². The third-order valence-electron chi connectivity index (χ3n) is 5.81. The van der Waals surface area contributed by atoms with E-state index in [0.717, 1.165) is 50.4 Å². The van der Waals surface area contributed by atoms with E-state index in [1.807, 2.05) is 18.2 Å². The molecule has 0 unspecified atom stereocenters. The van der Waals surface area contributed by atoms with Gasteiger partial charge in [0.25, 0.3) is 0 Å². The average molecular weight is 491 g/mol. The smallest absolute Gasteiger partial charge is 0.221 e. The molecule has 6 heteroatoms. The Morgan fingerprint density at radius 2 is 1.82 bits per heavy atom. The fraction of sp³-hybridized carbons (Fsp3) is 0.409. The Bertz CT molecular complexity index is 865. The van der Waals surface area contributed by atoms with Crippen LogP contribution in [0.5, 0.6) is 0 Å².